The Labute approximate surface area is 127 Å². The summed E-state index contributed by atoms with van der Waals surface area (Å²) in [6.07, 6.45) is 6.39. The minimum absolute atomic E-state index is 0.817. The minimum atomic E-state index is -0.822. The number of aliphatic hydroxyl groups is 1. The van der Waals surface area contributed by atoms with E-state index in [1.54, 1.807) is 0 Å². The summed E-state index contributed by atoms with van der Waals surface area (Å²) in [6.45, 7) is 2.20. The molecule has 0 saturated carbocycles. The molecule has 0 saturated heterocycles. The molecule has 2 aromatic carbocycles. The van der Waals surface area contributed by atoms with E-state index >= 15 is 0 Å². The second kappa shape index (κ2) is 6.03. The molecule has 0 aromatic heterocycles. The highest BCUT2D eigenvalue weighted by atomic mass is 16.3. The predicted molar refractivity (Wildman–Crippen MR) is 87.4 cm³/mol. The molecular weight excluding hydrogens is 256 g/mol. The van der Waals surface area contributed by atoms with Gasteiger partial charge in [-0.3, -0.25) is 0 Å². The van der Waals surface area contributed by atoms with Crippen LogP contribution in [0, 0.1) is 0 Å². The van der Waals surface area contributed by atoms with Crippen LogP contribution in [0.2, 0.25) is 0 Å². The monoisotopic (exact) mass is 280 g/mol. The molecule has 1 heteroatoms. The molecule has 1 aliphatic carbocycles. The van der Waals surface area contributed by atoms with Crippen LogP contribution in [-0.4, -0.2) is 5.11 Å². The molecule has 21 heavy (non-hydrogen) atoms. The van der Waals surface area contributed by atoms with Gasteiger partial charge in [0.05, 0.1) is 0 Å². The van der Waals surface area contributed by atoms with Crippen molar-refractivity contribution in [1.29, 1.82) is 0 Å². The molecule has 0 radical (unpaired) electrons. The van der Waals surface area contributed by atoms with Crippen LogP contribution in [0.15, 0.2) is 48.5 Å². The third-order valence-corrected chi connectivity index (χ3v) is 4.67. The number of hydrogen-bond acceptors (Lipinski definition) is 1. The topological polar surface area (TPSA) is 20.2 Å². The van der Waals surface area contributed by atoms with Crippen molar-refractivity contribution < 1.29 is 5.11 Å². The van der Waals surface area contributed by atoms with Crippen LogP contribution in [0.3, 0.4) is 0 Å². The quantitative estimate of drug-likeness (QED) is 0.815. The Morgan fingerprint density at radius 3 is 2.52 bits per heavy atom. The van der Waals surface area contributed by atoms with Crippen molar-refractivity contribution in [2.75, 3.05) is 0 Å². The van der Waals surface area contributed by atoms with Crippen molar-refractivity contribution in [3.8, 4) is 0 Å². The number of benzene rings is 2. The van der Waals surface area contributed by atoms with E-state index in [0.29, 0.717) is 0 Å². The number of rotatable bonds is 3. The standard InChI is InChI=1S/C20H24O/c1-2-7-16-11-13-18(14-12-16)20(21)15-6-5-9-17-8-3-4-10-19(17)20/h3-4,8,10-14,21H,2,5-7,9,15H2,1H3. The summed E-state index contributed by atoms with van der Waals surface area (Å²) in [4.78, 5) is 0. The molecule has 1 unspecified atom stereocenters. The van der Waals surface area contributed by atoms with Gasteiger partial charge in [0.15, 0.2) is 0 Å². The average Bonchev–Trinajstić information content (AvgIpc) is 2.69. The first-order valence-corrected chi connectivity index (χ1v) is 8.14. The molecule has 110 valence electrons. The molecule has 1 N–H and O–H groups in total. The van der Waals surface area contributed by atoms with Crippen LogP contribution in [0.4, 0.5) is 0 Å². The van der Waals surface area contributed by atoms with Gasteiger partial charge in [0, 0.05) is 0 Å². The molecule has 0 aliphatic heterocycles. The Morgan fingerprint density at radius 1 is 1.00 bits per heavy atom. The van der Waals surface area contributed by atoms with Crippen LogP contribution in [0.25, 0.3) is 0 Å². The zero-order valence-electron chi connectivity index (χ0n) is 12.8. The minimum Gasteiger partial charge on any atom is -0.380 e. The van der Waals surface area contributed by atoms with E-state index in [9.17, 15) is 5.11 Å². The maximum Gasteiger partial charge on any atom is 0.115 e. The fraction of sp³-hybridized carbons (Fsp3) is 0.400. The van der Waals surface area contributed by atoms with Crippen LogP contribution < -0.4 is 0 Å². The molecule has 3 rings (SSSR count). The fourth-order valence-corrected chi connectivity index (χ4v) is 3.51. The van der Waals surface area contributed by atoms with Crippen LogP contribution in [-0.2, 0) is 18.4 Å². The molecule has 2 aromatic rings. The van der Waals surface area contributed by atoms with E-state index in [4.69, 9.17) is 0 Å². The normalized spacial score (nSPS) is 21.6. The Morgan fingerprint density at radius 2 is 1.76 bits per heavy atom. The highest BCUT2D eigenvalue weighted by Gasteiger charge is 2.34. The van der Waals surface area contributed by atoms with Crippen LogP contribution in [0.5, 0.6) is 0 Å². The molecule has 0 spiro atoms. The van der Waals surface area contributed by atoms with Crippen LogP contribution >= 0.6 is 0 Å². The summed E-state index contributed by atoms with van der Waals surface area (Å²) >= 11 is 0. The number of hydrogen-bond donors (Lipinski definition) is 1. The van der Waals surface area contributed by atoms with E-state index in [-0.39, 0.29) is 0 Å². The Bertz CT molecular complexity index is 599. The summed E-state index contributed by atoms with van der Waals surface area (Å²) in [5, 5.41) is 11.4. The lowest BCUT2D eigenvalue weighted by Gasteiger charge is -2.30. The average molecular weight is 280 g/mol. The van der Waals surface area contributed by atoms with E-state index in [0.717, 1.165) is 49.7 Å². The Hall–Kier alpha value is -1.60. The van der Waals surface area contributed by atoms with Gasteiger partial charge in [-0.2, -0.15) is 0 Å². The Kier molecular flexibility index (Phi) is 4.12. The van der Waals surface area contributed by atoms with Crippen molar-refractivity contribution >= 4 is 0 Å². The third kappa shape index (κ3) is 2.75. The lowest BCUT2D eigenvalue weighted by atomic mass is 9.81. The highest BCUT2D eigenvalue weighted by molar-refractivity contribution is 5.42. The van der Waals surface area contributed by atoms with E-state index in [1.165, 1.54) is 11.1 Å². The number of aryl methyl sites for hydroxylation is 2. The summed E-state index contributed by atoms with van der Waals surface area (Å²) in [5.74, 6) is 0. The van der Waals surface area contributed by atoms with Crippen LogP contribution in [0.1, 0.15) is 54.9 Å². The van der Waals surface area contributed by atoms with Gasteiger partial charge in [-0.25, -0.2) is 0 Å². The summed E-state index contributed by atoms with van der Waals surface area (Å²) in [6, 6.07) is 17.0. The third-order valence-electron chi connectivity index (χ3n) is 4.67. The largest absolute Gasteiger partial charge is 0.380 e. The van der Waals surface area contributed by atoms with Gasteiger partial charge in [-0.15, -0.1) is 0 Å². The van der Waals surface area contributed by atoms with Crippen molar-refractivity contribution in [2.24, 2.45) is 0 Å². The maximum atomic E-state index is 11.4. The first-order valence-electron chi connectivity index (χ1n) is 8.14. The lowest BCUT2D eigenvalue weighted by molar-refractivity contribution is 0.0704. The molecule has 1 atom stereocenters. The van der Waals surface area contributed by atoms with E-state index in [1.807, 2.05) is 6.07 Å². The molecule has 0 bridgehead atoms. The first-order chi connectivity index (χ1) is 10.2. The van der Waals surface area contributed by atoms with Crippen molar-refractivity contribution in [2.45, 2.75) is 51.0 Å². The van der Waals surface area contributed by atoms with Gasteiger partial charge in [0.25, 0.3) is 0 Å². The Balaban J connectivity index is 2.02. The second-order valence-electron chi connectivity index (χ2n) is 6.17. The zero-order chi connectivity index (χ0) is 14.7. The molecular formula is C20H24O. The summed E-state index contributed by atoms with van der Waals surface area (Å²) in [7, 11) is 0. The second-order valence-corrected chi connectivity index (χ2v) is 6.17. The smallest absolute Gasteiger partial charge is 0.115 e. The SMILES string of the molecule is CCCc1ccc(C2(O)CCCCc3ccccc32)cc1. The van der Waals surface area contributed by atoms with Crippen molar-refractivity contribution in [3.05, 3.63) is 70.8 Å². The zero-order valence-corrected chi connectivity index (χ0v) is 12.8. The summed E-state index contributed by atoms with van der Waals surface area (Å²) < 4.78 is 0. The van der Waals surface area contributed by atoms with E-state index < -0.39 is 5.60 Å². The molecule has 1 aliphatic rings. The lowest BCUT2D eigenvalue weighted by Crippen LogP contribution is -2.27. The number of fused-ring (bicyclic) bond motifs is 1. The highest BCUT2D eigenvalue weighted by Crippen LogP contribution is 2.39. The van der Waals surface area contributed by atoms with Gasteiger partial charge in [0.2, 0.25) is 0 Å². The van der Waals surface area contributed by atoms with Crippen molar-refractivity contribution in [1.82, 2.24) is 0 Å². The van der Waals surface area contributed by atoms with Gasteiger partial charge >= 0.3 is 0 Å². The van der Waals surface area contributed by atoms with Gasteiger partial charge in [-0.05, 0) is 54.4 Å². The summed E-state index contributed by atoms with van der Waals surface area (Å²) in [5.41, 5.74) is 3.97. The van der Waals surface area contributed by atoms with Gasteiger partial charge in [0.1, 0.15) is 5.60 Å². The molecule has 0 fully saturated rings. The van der Waals surface area contributed by atoms with Crippen molar-refractivity contribution in [3.63, 3.8) is 0 Å². The fourth-order valence-electron chi connectivity index (χ4n) is 3.51. The predicted octanol–water partition coefficient (Wildman–Crippen LogP) is 4.60. The molecule has 0 heterocycles. The molecule has 1 nitrogen and oxygen atoms in total. The maximum absolute atomic E-state index is 11.4. The van der Waals surface area contributed by atoms with E-state index in [2.05, 4.69) is 49.4 Å². The van der Waals surface area contributed by atoms with Gasteiger partial charge in [-0.1, -0.05) is 61.9 Å². The van der Waals surface area contributed by atoms with Gasteiger partial charge < -0.3 is 5.11 Å². The first kappa shape index (κ1) is 14.3. The molecule has 0 amide bonds.